The molecule has 1 N–H and O–H groups in total. The van der Waals surface area contributed by atoms with E-state index in [4.69, 9.17) is 10.1 Å². The standard InChI is InChI=1S/C18H22N2O2S2/c1-3-4-5-6-9-16-14(2)24-18(19-16)20(11-10-17(21)22)13-15-8-7-12-23-15/h3,6-9,12H,1,4-5,10-11,13H2,2H3,(H,21,22)/b9-6+. The van der Waals surface area contributed by atoms with Crippen LogP contribution in [0, 0.1) is 6.92 Å². The minimum Gasteiger partial charge on any atom is -0.481 e. The molecule has 6 heteroatoms. The summed E-state index contributed by atoms with van der Waals surface area (Å²) in [4.78, 5) is 20.1. The molecule has 0 bridgehead atoms. The molecule has 0 aliphatic carbocycles. The van der Waals surface area contributed by atoms with E-state index in [1.807, 2.05) is 23.6 Å². The molecule has 0 aromatic carbocycles. The highest BCUT2D eigenvalue weighted by Gasteiger charge is 2.15. The van der Waals surface area contributed by atoms with Crippen LogP contribution in [0.1, 0.15) is 34.7 Å². The number of hydrogen-bond acceptors (Lipinski definition) is 5. The van der Waals surface area contributed by atoms with Gasteiger partial charge < -0.3 is 10.0 Å². The lowest BCUT2D eigenvalue weighted by Crippen LogP contribution is -2.25. The Kier molecular flexibility index (Phi) is 7.21. The molecular formula is C18H22N2O2S2. The van der Waals surface area contributed by atoms with Gasteiger partial charge in [0.1, 0.15) is 0 Å². The van der Waals surface area contributed by atoms with Crippen LogP contribution in [0.5, 0.6) is 0 Å². The lowest BCUT2D eigenvalue weighted by atomic mass is 10.2. The Balaban J connectivity index is 2.14. The van der Waals surface area contributed by atoms with Crippen molar-refractivity contribution in [1.29, 1.82) is 0 Å². The topological polar surface area (TPSA) is 53.4 Å². The van der Waals surface area contributed by atoms with E-state index >= 15 is 0 Å². The maximum absolute atomic E-state index is 11.0. The summed E-state index contributed by atoms with van der Waals surface area (Å²) in [5.74, 6) is -0.788. The highest BCUT2D eigenvalue weighted by Crippen LogP contribution is 2.28. The van der Waals surface area contributed by atoms with Crippen LogP contribution in [-0.4, -0.2) is 22.6 Å². The molecule has 0 amide bonds. The van der Waals surface area contributed by atoms with Crippen LogP contribution >= 0.6 is 22.7 Å². The summed E-state index contributed by atoms with van der Waals surface area (Å²) in [5, 5.41) is 11.9. The zero-order valence-corrected chi connectivity index (χ0v) is 15.4. The maximum atomic E-state index is 11.0. The van der Waals surface area contributed by atoms with Gasteiger partial charge in [-0.05, 0) is 37.3 Å². The monoisotopic (exact) mass is 362 g/mol. The van der Waals surface area contributed by atoms with Crippen molar-refractivity contribution < 1.29 is 9.90 Å². The molecular weight excluding hydrogens is 340 g/mol. The highest BCUT2D eigenvalue weighted by atomic mass is 32.1. The SMILES string of the molecule is C=CCC/C=C/c1nc(N(CCC(=O)O)Cc2cccs2)sc1C. The van der Waals surface area contributed by atoms with E-state index in [9.17, 15) is 4.79 Å². The van der Waals surface area contributed by atoms with Gasteiger partial charge in [0.2, 0.25) is 0 Å². The van der Waals surface area contributed by atoms with Crippen molar-refractivity contribution in [2.45, 2.75) is 32.7 Å². The number of aryl methyl sites for hydroxylation is 1. The number of carbonyl (C=O) groups is 1. The Hall–Kier alpha value is -1.92. The van der Waals surface area contributed by atoms with E-state index < -0.39 is 5.97 Å². The smallest absolute Gasteiger partial charge is 0.305 e. The number of aromatic nitrogens is 1. The van der Waals surface area contributed by atoms with E-state index in [0.717, 1.165) is 28.5 Å². The molecule has 2 aromatic rings. The Morgan fingerprint density at radius 2 is 2.29 bits per heavy atom. The predicted molar refractivity (Wildman–Crippen MR) is 103 cm³/mol. The van der Waals surface area contributed by atoms with Gasteiger partial charge in [-0.25, -0.2) is 4.98 Å². The first kappa shape index (κ1) is 18.4. The van der Waals surface area contributed by atoms with Gasteiger partial charge in [-0.3, -0.25) is 4.79 Å². The number of carboxylic acid groups (broad SMARTS) is 1. The highest BCUT2D eigenvalue weighted by molar-refractivity contribution is 7.15. The van der Waals surface area contributed by atoms with Gasteiger partial charge in [0.15, 0.2) is 5.13 Å². The van der Waals surface area contributed by atoms with Gasteiger partial charge in [-0.2, -0.15) is 0 Å². The number of aliphatic carboxylic acids is 1. The molecule has 0 saturated carbocycles. The molecule has 0 fully saturated rings. The average molecular weight is 363 g/mol. The predicted octanol–water partition coefficient (Wildman–Crippen LogP) is 4.97. The second-order valence-electron chi connectivity index (χ2n) is 5.35. The molecule has 2 heterocycles. The second-order valence-corrected chi connectivity index (χ2v) is 7.56. The lowest BCUT2D eigenvalue weighted by molar-refractivity contribution is -0.136. The van der Waals surface area contributed by atoms with Gasteiger partial charge in [0.25, 0.3) is 0 Å². The molecule has 128 valence electrons. The normalized spacial score (nSPS) is 11.0. The summed E-state index contributed by atoms with van der Waals surface area (Å²) in [6.07, 6.45) is 8.06. The maximum Gasteiger partial charge on any atom is 0.305 e. The number of unbranched alkanes of at least 4 members (excludes halogenated alkanes) is 1. The summed E-state index contributed by atoms with van der Waals surface area (Å²) in [6.45, 7) is 6.92. The van der Waals surface area contributed by atoms with Gasteiger partial charge >= 0.3 is 5.97 Å². The Labute approximate surface area is 150 Å². The number of carboxylic acids is 1. The zero-order valence-electron chi connectivity index (χ0n) is 13.8. The van der Waals surface area contributed by atoms with Crippen LogP contribution in [-0.2, 0) is 11.3 Å². The van der Waals surface area contributed by atoms with E-state index in [-0.39, 0.29) is 6.42 Å². The Morgan fingerprint density at radius 3 is 2.96 bits per heavy atom. The third-order valence-corrected chi connectivity index (χ3v) is 5.34. The fourth-order valence-corrected chi connectivity index (χ4v) is 3.80. The molecule has 0 saturated heterocycles. The molecule has 2 rings (SSSR count). The number of rotatable bonds is 10. The first-order valence-electron chi connectivity index (χ1n) is 7.84. The van der Waals surface area contributed by atoms with E-state index in [2.05, 4.69) is 30.5 Å². The number of allylic oxidation sites excluding steroid dienone is 2. The average Bonchev–Trinajstić information content (AvgIpc) is 3.18. The van der Waals surface area contributed by atoms with Gasteiger partial charge in [0, 0.05) is 16.3 Å². The molecule has 0 aliphatic rings. The summed E-state index contributed by atoms with van der Waals surface area (Å²) in [7, 11) is 0. The van der Waals surface area contributed by atoms with E-state index in [0.29, 0.717) is 13.1 Å². The van der Waals surface area contributed by atoms with Crippen LogP contribution in [0.15, 0.2) is 36.2 Å². The first-order valence-corrected chi connectivity index (χ1v) is 9.53. The number of thiazole rings is 1. The summed E-state index contributed by atoms with van der Waals surface area (Å²) < 4.78 is 0. The molecule has 0 aliphatic heterocycles. The van der Waals surface area contributed by atoms with Crippen molar-refractivity contribution in [3.8, 4) is 0 Å². The number of hydrogen-bond donors (Lipinski definition) is 1. The van der Waals surface area contributed by atoms with Gasteiger partial charge in [0.05, 0.1) is 18.7 Å². The molecule has 0 unspecified atom stereocenters. The largest absolute Gasteiger partial charge is 0.481 e. The third-order valence-electron chi connectivity index (χ3n) is 3.43. The fourth-order valence-electron chi connectivity index (χ4n) is 2.16. The number of nitrogens with zero attached hydrogens (tertiary/aromatic N) is 2. The van der Waals surface area contributed by atoms with Gasteiger partial charge in [-0.15, -0.1) is 29.3 Å². The van der Waals surface area contributed by atoms with E-state index in [1.165, 1.54) is 4.88 Å². The molecule has 24 heavy (non-hydrogen) atoms. The van der Waals surface area contributed by atoms with Crippen molar-refractivity contribution in [1.82, 2.24) is 4.98 Å². The molecule has 0 spiro atoms. The van der Waals surface area contributed by atoms with Crippen molar-refractivity contribution in [2.75, 3.05) is 11.4 Å². The summed E-state index contributed by atoms with van der Waals surface area (Å²) in [6, 6.07) is 4.07. The van der Waals surface area contributed by atoms with Crippen molar-refractivity contribution in [3.05, 3.63) is 51.7 Å². The van der Waals surface area contributed by atoms with Crippen molar-refractivity contribution in [2.24, 2.45) is 0 Å². The molecule has 0 radical (unpaired) electrons. The van der Waals surface area contributed by atoms with Crippen molar-refractivity contribution in [3.63, 3.8) is 0 Å². The minimum absolute atomic E-state index is 0.106. The second kappa shape index (κ2) is 9.39. The molecule has 0 atom stereocenters. The Bertz CT molecular complexity index is 690. The first-order chi connectivity index (χ1) is 11.6. The number of anilines is 1. The van der Waals surface area contributed by atoms with Crippen LogP contribution in [0.4, 0.5) is 5.13 Å². The lowest BCUT2D eigenvalue weighted by Gasteiger charge is -2.20. The summed E-state index contributed by atoms with van der Waals surface area (Å²) in [5.41, 5.74) is 0.963. The van der Waals surface area contributed by atoms with E-state index in [1.54, 1.807) is 22.7 Å². The molecule has 4 nitrogen and oxygen atoms in total. The number of thiophene rings is 1. The molecule has 2 aromatic heterocycles. The quantitative estimate of drug-likeness (QED) is 0.479. The van der Waals surface area contributed by atoms with Gasteiger partial charge in [-0.1, -0.05) is 18.2 Å². The fraction of sp³-hybridized carbons (Fsp3) is 0.333. The third kappa shape index (κ3) is 5.62. The Morgan fingerprint density at radius 1 is 1.46 bits per heavy atom. The van der Waals surface area contributed by atoms with Crippen LogP contribution in [0.25, 0.3) is 6.08 Å². The van der Waals surface area contributed by atoms with Crippen molar-refractivity contribution >= 4 is 39.9 Å². The zero-order chi connectivity index (χ0) is 17.4. The van der Waals surface area contributed by atoms with Crippen LogP contribution in [0.2, 0.25) is 0 Å². The van der Waals surface area contributed by atoms with Crippen LogP contribution in [0.3, 0.4) is 0 Å². The summed E-state index contributed by atoms with van der Waals surface area (Å²) >= 11 is 3.29. The minimum atomic E-state index is -0.788. The van der Waals surface area contributed by atoms with Crippen LogP contribution < -0.4 is 4.90 Å².